The molecule has 1 aliphatic carbocycles. The molecule has 0 atom stereocenters. The Morgan fingerprint density at radius 1 is 1.25 bits per heavy atom. The minimum atomic E-state index is -0.259. The van der Waals surface area contributed by atoms with E-state index in [0.29, 0.717) is 5.57 Å². The van der Waals surface area contributed by atoms with E-state index in [2.05, 4.69) is 18.3 Å². The molecule has 0 aliphatic heterocycles. The van der Waals surface area contributed by atoms with E-state index in [9.17, 15) is 10.1 Å². The number of carbonyl (C=O) groups excluding carboxylic acids is 1. The Labute approximate surface area is 120 Å². The molecule has 1 aliphatic rings. The van der Waals surface area contributed by atoms with Gasteiger partial charge in [-0.2, -0.15) is 5.26 Å². The average molecular weight is 268 g/mol. The van der Waals surface area contributed by atoms with Gasteiger partial charge in [0, 0.05) is 5.69 Å². The summed E-state index contributed by atoms with van der Waals surface area (Å²) >= 11 is 0. The van der Waals surface area contributed by atoms with E-state index in [1.807, 2.05) is 24.3 Å². The van der Waals surface area contributed by atoms with E-state index in [1.165, 1.54) is 6.42 Å². The van der Waals surface area contributed by atoms with Crippen molar-refractivity contribution in [2.24, 2.45) is 0 Å². The van der Waals surface area contributed by atoms with Crippen LogP contribution in [0.4, 0.5) is 5.69 Å². The van der Waals surface area contributed by atoms with Gasteiger partial charge in [-0.15, -0.1) is 0 Å². The molecular formula is C17H20N2O. The van der Waals surface area contributed by atoms with Crippen molar-refractivity contribution in [1.82, 2.24) is 0 Å². The molecular weight excluding hydrogens is 248 g/mol. The number of amides is 1. The first-order valence-electron chi connectivity index (χ1n) is 7.27. The molecule has 1 fully saturated rings. The van der Waals surface area contributed by atoms with E-state index < -0.39 is 0 Å². The molecule has 3 nitrogen and oxygen atoms in total. The maximum atomic E-state index is 12.3. The van der Waals surface area contributed by atoms with Crippen LogP contribution >= 0.6 is 0 Å². The van der Waals surface area contributed by atoms with Gasteiger partial charge in [0.05, 0.1) is 0 Å². The summed E-state index contributed by atoms with van der Waals surface area (Å²) in [5.41, 5.74) is 3.23. The summed E-state index contributed by atoms with van der Waals surface area (Å²) < 4.78 is 0. The summed E-state index contributed by atoms with van der Waals surface area (Å²) in [6.45, 7) is 2.05. The predicted molar refractivity (Wildman–Crippen MR) is 80.2 cm³/mol. The predicted octanol–water partition coefficient (Wildman–Crippen LogP) is 3.97. The Morgan fingerprint density at radius 3 is 2.60 bits per heavy atom. The third kappa shape index (κ3) is 3.27. The molecule has 1 amide bonds. The van der Waals surface area contributed by atoms with Crippen molar-refractivity contribution in [1.29, 1.82) is 5.26 Å². The van der Waals surface area contributed by atoms with Crippen molar-refractivity contribution in [3.05, 3.63) is 41.0 Å². The summed E-state index contributed by atoms with van der Waals surface area (Å²) in [6, 6.07) is 9.83. The largest absolute Gasteiger partial charge is 0.321 e. The number of rotatable bonds is 3. The van der Waals surface area contributed by atoms with E-state index in [0.717, 1.165) is 48.9 Å². The summed E-state index contributed by atoms with van der Waals surface area (Å²) in [5, 5.41) is 12.2. The Morgan fingerprint density at radius 2 is 1.95 bits per heavy atom. The zero-order valence-corrected chi connectivity index (χ0v) is 11.9. The molecule has 0 aromatic heterocycles. The van der Waals surface area contributed by atoms with Gasteiger partial charge in [0.2, 0.25) is 0 Å². The van der Waals surface area contributed by atoms with Crippen LogP contribution in [0.1, 0.15) is 44.6 Å². The number of benzene rings is 1. The molecule has 0 heterocycles. The minimum Gasteiger partial charge on any atom is -0.321 e. The fraction of sp³-hybridized carbons (Fsp3) is 0.412. The molecule has 104 valence electrons. The van der Waals surface area contributed by atoms with Gasteiger partial charge < -0.3 is 5.32 Å². The summed E-state index contributed by atoms with van der Waals surface area (Å²) in [5.74, 6) is -0.259. The average Bonchev–Trinajstić information content (AvgIpc) is 2.49. The minimum absolute atomic E-state index is 0.259. The number of nitriles is 1. The van der Waals surface area contributed by atoms with E-state index >= 15 is 0 Å². The number of para-hydroxylation sites is 1. The lowest BCUT2D eigenvalue weighted by molar-refractivity contribution is -0.112. The summed E-state index contributed by atoms with van der Waals surface area (Å²) in [4.78, 5) is 12.3. The second kappa shape index (κ2) is 6.91. The van der Waals surface area contributed by atoms with Crippen LogP contribution in [-0.2, 0) is 11.2 Å². The smallest absolute Gasteiger partial charge is 0.266 e. The topological polar surface area (TPSA) is 52.9 Å². The molecule has 0 bridgehead atoms. The van der Waals surface area contributed by atoms with E-state index in [-0.39, 0.29) is 5.91 Å². The Hall–Kier alpha value is -2.08. The Kier molecular flexibility index (Phi) is 4.95. The highest BCUT2D eigenvalue weighted by Crippen LogP contribution is 2.26. The van der Waals surface area contributed by atoms with Crippen LogP contribution in [-0.4, -0.2) is 5.91 Å². The SMILES string of the molecule is CCc1ccccc1NC(=O)C(C#N)=C1CCCCC1. The first-order valence-corrected chi connectivity index (χ1v) is 7.27. The second-order valence-electron chi connectivity index (χ2n) is 5.12. The van der Waals surface area contributed by atoms with Crippen LogP contribution in [0, 0.1) is 11.3 Å². The number of carbonyl (C=O) groups is 1. The fourth-order valence-corrected chi connectivity index (χ4v) is 2.65. The van der Waals surface area contributed by atoms with E-state index in [1.54, 1.807) is 0 Å². The van der Waals surface area contributed by atoms with Crippen LogP contribution in [0.25, 0.3) is 0 Å². The molecule has 1 aromatic carbocycles. The molecule has 3 heteroatoms. The van der Waals surface area contributed by atoms with Crippen molar-refractivity contribution in [3.8, 4) is 6.07 Å². The lowest BCUT2D eigenvalue weighted by atomic mass is 9.91. The van der Waals surface area contributed by atoms with Crippen LogP contribution in [0.5, 0.6) is 0 Å². The van der Waals surface area contributed by atoms with Gasteiger partial charge in [-0.3, -0.25) is 4.79 Å². The van der Waals surface area contributed by atoms with Crippen LogP contribution in [0.2, 0.25) is 0 Å². The molecule has 0 spiro atoms. The Balaban J connectivity index is 2.20. The number of nitrogens with zero attached hydrogens (tertiary/aromatic N) is 1. The maximum absolute atomic E-state index is 12.3. The quantitative estimate of drug-likeness (QED) is 0.666. The number of hydrogen-bond acceptors (Lipinski definition) is 2. The van der Waals surface area contributed by atoms with Crippen molar-refractivity contribution in [2.75, 3.05) is 5.32 Å². The van der Waals surface area contributed by atoms with Crippen molar-refractivity contribution in [2.45, 2.75) is 45.4 Å². The third-order valence-corrected chi connectivity index (χ3v) is 3.80. The lowest BCUT2D eigenvalue weighted by Crippen LogP contribution is -2.17. The van der Waals surface area contributed by atoms with Gasteiger partial charge in [0.15, 0.2) is 0 Å². The van der Waals surface area contributed by atoms with Gasteiger partial charge in [-0.25, -0.2) is 0 Å². The zero-order chi connectivity index (χ0) is 14.4. The summed E-state index contributed by atoms with van der Waals surface area (Å²) in [7, 11) is 0. The van der Waals surface area contributed by atoms with Gasteiger partial charge >= 0.3 is 0 Å². The molecule has 0 unspecified atom stereocenters. The number of hydrogen-bond donors (Lipinski definition) is 1. The number of allylic oxidation sites excluding steroid dienone is 1. The normalized spacial score (nSPS) is 14.5. The highest BCUT2D eigenvalue weighted by Gasteiger charge is 2.18. The molecule has 0 radical (unpaired) electrons. The lowest BCUT2D eigenvalue weighted by Gasteiger charge is -2.16. The van der Waals surface area contributed by atoms with Gasteiger partial charge in [0.25, 0.3) is 5.91 Å². The monoisotopic (exact) mass is 268 g/mol. The number of nitrogens with one attached hydrogen (secondary N) is 1. The van der Waals surface area contributed by atoms with Gasteiger partial charge in [-0.1, -0.05) is 31.5 Å². The molecule has 1 saturated carbocycles. The Bertz CT molecular complexity index is 559. The highest BCUT2D eigenvalue weighted by atomic mass is 16.1. The van der Waals surface area contributed by atoms with Gasteiger partial charge in [-0.05, 0) is 49.3 Å². The first kappa shape index (κ1) is 14.3. The number of anilines is 1. The zero-order valence-electron chi connectivity index (χ0n) is 11.9. The van der Waals surface area contributed by atoms with Crippen molar-refractivity contribution in [3.63, 3.8) is 0 Å². The summed E-state index contributed by atoms with van der Waals surface area (Å²) in [6.07, 6.45) is 5.98. The molecule has 20 heavy (non-hydrogen) atoms. The third-order valence-electron chi connectivity index (χ3n) is 3.80. The van der Waals surface area contributed by atoms with Crippen LogP contribution in [0.15, 0.2) is 35.4 Å². The van der Waals surface area contributed by atoms with Crippen LogP contribution in [0.3, 0.4) is 0 Å². The highest BCUT2D eigenvalue weighted by molar-refractivity contribution is 6.07. The molecule has 0 saturated heterocycles. The van der Waals surface area contributed by atoms with Crippen molar-refractivity contribution < 1.29 is 4.79 Å². The molecule has 2 rings (SSSR count). The van der Waals surface area contributed by atoms with Gasteiger partial charge in [0.1, 0.15) is 11.6 Å². The first-order chi connectivity index (χ1) is 9.76. The van der Waals surface area contributed by atoms with Crippen molar-refractivity contribution >= 4 is 11.6 Å². The molecule has 1 N–H and O–H groups in total. The standard InChI is InChI=1S/C17H20N2O/c1-2-13-8-6-7-11-16(13)19-17(20)15(12-18)14-9-4-3-5-10-14/h6-8,11H,2-5,9-10H2,1H3,(H,19,20). The second-order valence-corrected chi connectivity index (χ2v) is 5.12. The van der Waals surface area contributed by atoms with E-state index in [4.69, 9.17) is 0 Å². The number of aryl methyl sites for hydroxylation is 1. The maximum Gasteiger partial charge on any atom is 0.266 e. The molecule has 1 aromatic rings. The fourth-order valence-electron chi connectivity index (χ4n) is 2.65. The van der Waals surface area contributed by atoms with Crippen LogP contribution < -0.4 is 5.32 Å².